The number of benzene rings is 1. The largest absolute Gasteiger partial charge is 0.396 e. The fourth-order valence-electron chi connectivity index (χ4n) is 1.89. The summed E-state index contributed by atoms with van der Waals surface area (Å²) in [4.78, 5) is 1.99. The maximum Gasteiger partial charge on any atom is 0.244 e. The zero-order chi connectivity index (χ0) is 16.2. The van der Waals surface area contributed by atoms with Gasteiger partial charge in [-0.15, -0.1) is 0 Å². The highest BCUT2D eigenvalue weighted by atomic mass is 79.9. The Morgan fingerprint density at radius 1 is 1.29 bits per heavy atom. The Morgan fingerprint density at radius 3 is 2.43 bits per heavy atom. The molecule has 0 fully saturated rings. The van der Waals surface area contributed by atoms with Crippen LogP contribution >= 0.6 is 15.9 Å². The van der Waals surface area contributed by atoms with Crippen LogP contribution in [0.5, 0.6) is 0 Å². The third-order valence-electron chi connectivity index (χ3n) is 3.03. The van der Waals surface area contributed by atoms with Crippen molar-refractivity contribution in [1.82, 2.24) is 9.21 Å². The average Bonchev–Trinajstić information content (AvgIpc) is 2.38. The fraction of sp³-hybridized carbons (Fsp3) is 0.538. The second-order valence-electron chi connectivity index (χ2n) is 4.96. The molecule has 2 N–H and O–H groups in total. The summed E-state index contributed by atoms with van der Waals surface area (Å²) in [5.74, 6) is -0.642. The molecule has 0 aromatic heterocycles. The minimum absolute atomic E-state index is 0.00639. The van der Waals surface area contributed by atoms with Gasteiger partial charge in [-0.1, -0.05) is 6.92 Å². The quantitative estimate of drug-likeness (QED) is 0.734. The van der Waals surface area contributed by atoms with Crippen LogP contribution in [-0.2, 0) is 10.0 Å². The lowest BCUT2D eigenvalue weighted by molar-refractivity contribution is 0.356. The molecule has 0 aliphatic rings. The van der Waals surface area contributed by atoms with E-state index in [9.17, 15) is 12.8 Å². The van der Waals surface area contributed by atoms with E-state index in [4.69, 9.17) is 5.73 Å². The number of sulfonamides is 1. The van der Waals surface area contributed by atoms with Crippen LogP contribution in [0, 0.1) is 5.82 Å². The minimum Gasteiger partial charge on any atom is -0.396 e. The predicted molar refractivity (Wildman–Crippen MR) is 86.1 cm³/mol. The normalized spacial score (nSPS) is 12.3. The zero-order valence-corrected chi connectivity index (χ0v) is 14.8. The fourth-order valence-corrected chi connectivity index (χ4v) is 4.39. The van der Waals surface area contributed by atoms with E-state index in [-0.39, 0.29) is 15.1 Å². The SMILES string of the molecule is CCN(CCCN(C)C)S(=O)(=O)c1cc(N)c(F)cc1Br. The molecule has 0 saturated heterocycles. The van der Waals surface area contributed by atoms with Gasteiger partial charge in [0.05, 0.1) is 10.6 Å². The molecule has 0 radical (unpaired) electrons. The molecule has 8 heteroatoms. The van der Waals surface area contributed by atoms with Gasteiger partial charge in [-0.25, -0.2) is 12.8 Å². The first kappa shape index (κ1) is 18.3. The summed E-state index contributed by atoms with van der Waals surface area (Å²) in [7, 11) is 0.167. The number of hydrogen-bond donors (Lipinski definition) is 1. The second-order valence-corrected chi connectivity index (χ2v) is 7.72. The summed E-state index contributed by atoms with van der Waals surface area (Å²) >= 11 is 3.10. The van der Waals surface area contributed by atoms with Crippen LogP contribution in [0.4, 0.5) is 10.1 Å². The van der Waals surface area contributed by atoms with Crippen molar-refractivity contribution < 1.29 is 12.8 Å². The lowest BCUT2D eigenvalue weighted by Gasteiger charge is -2.22. The number of anilines is 1. The van der Waals surface area contributed by atoms with Gasteiger partial charge in [-0.2, -0.15) is 4.31 Å². The van der Waals surface area contributed by atoms with Gasteiger partial charge in [0.25, 0.3) is 0 Å². The monoisotopic (exact) mass is 381 g/mol. The average molecular weight is 382 g/mol. The van der Waals surface area contributed by atoms with Crippen molar-refractivity contribution in [2.45, 2.75) is 18.2 Å². The molecule has 0 heterocycles. The van der Waals surface area contributed by atoms with Crippen molar-refractivity contribution in [1.29, 1.82) is 0 Å². The topological polar surface area (TPSA) is 66.6 Å². The molecule has 0 aliphatic carbocycles. The van der Waals surface area contributed by atoms with Gasteiger partial charge >= 0.3 is 0 Å². The molecule has 0 bridgehead atoms. The first-order valence-electron chi connectivity index (χ1n) is 6.59. The number of nitrogens with zero attached hydrogens (tertiary/aromatic N) is 2. The molecule has 21 heavy (non-hydrogen) atoms. The first-order chi connectivity index (χ1) is 9.70. The summed E-state index contributed by atoms with van der Waals surface area (Å²) in [6.07, 6.45) is 0.717. The highest BCUT2D eigenvalue weighted by Crippen LogP contribution is 2.29. The molecule has 0 amide bonds. The van der Waals surface area contributed by atoms with Gasteiger partial charge in [0.2, 0.25) is 10.0 Å². The zero-order valence-electron chi connectivity index (χ0n) is 12.4. The van der Waals surface area contributed by atoms with Crippen LogP contribution in [0.3, 0.4) is 0 Å². The number of nitrogens with two attached hydrogens (primary N) is 1. The molecular formula is C13H21BrFN3O2S. The van der Waals surface area contributed by atoms with Crippen molar-refractivity contribution in [3.63, 3.8) is 0 Å². The van der Waals surface area contributed by atoms with E-state index in [0.29, 0.717) is 19.5 Å². The Hall–Kier alpha value is -0.700. The third-order valence-corrected chi connectivity index (χ3v) is 5.97. The van der Waals surface area contributed by atoms with Gasteiger partial charge in [-0.05, 0) is 55.1 Å². The Morgan fingerprint density at radius 2 is 1.90 bits per heavy atom. The van der Waals surface area contributed by atoms with E-state index in [0.717, 1.165) is 18.7 Å². The minimum atomic E-state index is -3.70. The maximum atomic E-state index is 13.4. The summed E-state index contributed by atoms with van der Waals surface area (Å²) in [6, 6.07) is 2.24. The Labute approximate surface area is 134 Å². The molecule has 0 aliphatic heterocycles. The maximum absolute atomic E-state index is 13.4. The van der Waals surface area contributed by atoms with E-state index < -0.39 is 15.8 Å². The van der Waals surface area contributed by atoms with Crippen LogP contribution in [0.2, 0.25) is 0 Å². The molecule has 120 valence electrons. The van der Waals surface area contributed by atoms with Crippen molar-refractivity contribution in [2.24, 2.45) is 0 Å². The number of hydrogen-bond acceptors (Lipinski definition) is 4. The van der Waals surface area contributed by atoms with Gasteiger partial charge in [0.15, 0.2) is 0 Å². The third kappa shape index (κ3) is 4.64. The Bertz CT molecular complexity index is 593. The lowest BCUT2D eigenvalue weighted by atomic mass is 10.3. The number of rotatable bonds is 7. The molecule has 1 aromatic rings. The van der Waals surface area contributed by atoms with Crippen molar-refractivity contribution in [2.75, 3.05) is 39.5 Å². The predicted octanol–water partition coefficient (Wildman–Crippen LogP) is 2.13. The molecule has 0 spiro atoms. The smallest absolute Gasteiger partial charge is 0.244 e. The van der Waals surface area contributed by atoms with Crippen molar-refractivity contribution >= 4 is 31.6 Å². The highest BCUT2D eigenvalue weighted by Gasteiger charge is 2.26. The van der Waals surface area contributed by atoms with Gasteiger partial charge < -0.3 is 10.6 Å². The summed E-state index contributed by atoms with van der Waals surface area (Å²) in [5.41, 5.74) is 5.30. The number of halogens is 2. The molecule has 1 rings (SSSR count). The van der Waals surface area contributed by atoms with E-state index in [1.54, 1.807) is 6.92 Å². The number of nitrogen functional groups attached to an aromatic ring is 1. The molecule has 0 atom stereocenters. The van der Waals surface area contributed by atoms with Crippen molar-refractivity contribution in [3.8, 4) is 0 Å². The Balaban J connectivity index is 3.05. The molecular weight excluding hydrogens is 361 g/mol. The van der Waals surface area contributed by atoms with Crippen LogP contribution in [0.15, 0.2) is 21.5 Å². The van der Waals surface area contributed by atoms with Crippen LogP contribution in [0.25, 0.3) is 0 Å². The van der Waals surface area contributed by atoms with Crippen LogP contribution in [-0.4, -0.2) is 51.4 Å². The summed E-state index contributed by atoms with van der Waals surface area (Å²) < 4.78 is 40.2. The summed E-state index contributed by atoms with van der Waals surface area (Å²) in [5, 5.41) is 0. The van der Waals surface area contributed by atoms with Gasteiger partial charge in [0, 0.05) is 17.6 Å². The molecule has 1 aromatic carbocycles. The first-order valence-corrected chi connectivity index (χ1v) is 8.82. The Kier molecular flexibility index (Phi) is 6.58. The van der Waals surface area contributed by atoms with E-state index in [2.05, 4.69) is 15.9 Å². The van der Waals surface area contributed by atoms with Gasteiger partial charge in [0.1, 0.15) is 5.82 Å². The second kappa shape index (κ2) is 7.53. The summed E-state index contributed by atoms with van der Waals surface area (Å²) in [6.45, 7) is 3.31. The van der Waals surface area contributed by atoms with E-state index >= 15 is 0 Å². The van der Waals surface area contributed by atoms with E-state index in [1.807, 2.05) is 19.0 Å². The van der Waals surface area contributed by atoms with E-state index in [1.165, 1.54) is 4.31 Å². The molecule has 0 unspecified atom stereocenters. The van der Waals surface area contributed by atoms with Crippen LogP contribution in [0.1, 0.15) is 13.3 Å². The van der Waals surface area contributed by atoms with Crippen molar-refractivity contribution in [3.05, 3.63) is 22.4 Å². The van der Waals surface area contributed by atoms with Crippen LogP contribution < -0.4 is 5.73 Å². The van der Waals surface area contributed by atoms with Gasteiger partial charge in [-0.3, -0.25) is 0 Å². The molecule has 5 nitrogen and oxygen atoms in total. The molecule has 0 saturated carbocycles. The lowest BCUT2D eigenvalue weighted by Crippen LogP contribution is -2.33. The highest BCUT2D eigenvalue weighted by molar-refractivity contribution is 9.10. The standard InChI is InChI=1S/C13H21BrFN3O2S/c1-4-18(7-5-6-17(2)3)21(19,20)13-9-12(16)11(15)8-10(13)14/h8-9H,4-7,16H2,1-3H3.